The van der Waals surface area contributed by atoms with Gasteiger partial charge in [0.2, 0.25) is 0 Å². The van der Waals surface area contributed by atoms with Crippen LogP contribution >= 0.6 is 11.3 Å². The lowest BCUT2D eigenvalue weighted by Gasteiger charge is -2.31. The highest BCUT2D eigenvalue weighted by molar-refractivity contribution is 7.21. The molecule has 4 N–H and O–H groups in total. The van der Waals surface area contributed by atoms with E-state index in [2.05, 4.69) is 49.6 Å². The van der Waals surface area contributed by atoms with Crippen molar-refractivity contribution in [3.8, 4) is 11.1 Å². The van der Waals surface area contributed by atoms with Crippen LogP contribution in [-0.4, -0.2) is 53.4 Å². The first-order valence-corrected chi connectivity index (χ1v) is 15.0. The second-order valence-corrected chi connectivity index (χ2v) is 11.7. The summed E-state index contributed by atoms with van der Waals surface area (Å²) in [4.78, 5) is 21.3. The molecular weight excluding hydrogens is 506 g/mol. The Morgan fingerprint density at radius 1 is 1.15 bits per heavy atom. The molecule has 1 amide bonds. The SMILES string of the molecule is Cc1ccc2c(N)c(C(=O)NCCc3ccc(N4CCNCC4)c(-c4cnn(C5CCCCC5)c4)c3)sc2n1. The Morgan fingerprint density at radius 3 is 2.79 bits per heavy atom. The normalized spacial score (nSPS) is 16.6. The van der Waals surface area contributed by atoms with Crippen LogP contribution in [0.1, 0.15) is 59.1 Å². The summed E-state index contributed by atoms with van der Waals surface area (Å²) in [6.07, 6.45) is 11.3. The lowest BCUT2D eigenvalue weighted by Crippen LogP contribution is -2.43. The predicted octanol–water partition coefficient (Wildman–Crippen LogP) is 4.94. The molecule has 39 heavy (non-hydrogen) atoms. The van der Waals surface area contributed by atoms with Gasteiger partial charge in [-0.2, -0.15) is 5.10 Å². The third-order valence-corrected chi connectivity index (χ3v) is 9.13. The fraction of sp³-hybridized carbons (Fsp3) is 0.433. The number of carbonyl (C=O) groups excluding carboxylic acids is 1. The van der Waals surface area contributed by atoms with Crippen molar-refractivity contribution in [3.05, 3.63) is 58.9 Å². The summed E-state index contributed by atoms with van der Waals surface area (Å²) in [5, 5.41) is 12.2. The minimum Gasteiger partial charge on any atom is -0.397 e. The molecule has 0 unspecified atom stereocenters. The van der Waals surface area contributed by atoms with E-state index >= 15 is 0 Å². The Labute approximate surface area is 233 Å². The Hall–Kier alpha value is -3.43. The molecule has 2 aliphatic rings. The molecule has 0 bridgehead atoms. The standard InChI is InChI=1S/C30H37N7OS/c1-20-7-9-24-27(31)28(39-30(24)35-20)29(38)33-12-11-21-8-10-26(36-15-13-32-14-16-36)25(17-21)22-18-34-37(19-22)23-5-3-2-4-6-23/h7-10,17-19,23,32H,2-6,11-16,31H2,1H3,(H,33,38). The van der Waals surface area contributed by atoms with Gasteiger partial charge in [-0.05, 0) is 56.0 Å². The molecule has 4 heterocycles. The summed E-state index contributed by atoms with van der Waals surface area (Å²) in [6, 6.07) is 11.1. The zero-order valence-corrected chi connectivity index (χ0v) is 23.4. The number of rotatable bonds is 7. The molecule has 1 aromatic carbocycles. The minimum atomic E-state index is -0.139. The van der Waals surface area contributed by atoms with Crippen LogP contribution in [0, 0.1) is 6.92 Å². The lowest BCUT2D eigenvalue weighted by molar-refractivity contribution is 0.0959. The number of hydrogen-bond acceptors (Lipinski definition) is 7. The molecule has 6 rings (SSSR count). The second kappa shape index (κ2) is 11.4. The number of amides is 1. The van der Waals surface area contributed by atoms with Gasteiger partial charge in [-0.3, -0.25) is 9.48 Å². The molecule has 2 fully saturated rings. The highest BCUT2D eigenvalue weighted by atomic mass is 32.1. The molecular formula is C30H37N7OS. The minimum absolute atomic E-state index is 0.139. The third-order valence-electron chi connectivity index (χ3n) is 8.02. The van der Waals surface area contributed by atoms with Crippen molar-refractivity contribution in [2.45, 2.75) is 51.5 Å². The van der Waals surface area contributed by atoms with Crippen LogP contribution < -0.4 is 21.3 Å². The summed E-state index contributed by atoms with van der Waals surface area (Å²) in [5.41, 5.74) is 12.6. The Bertz CT molecular complexity index is 1460. The maximum absolute atomic E-state index is 13.0. The van der Waals surface area contributed by atoms with E-state index in [1.807, 2.05) is 25.3 Å². The first-order chi connectivity index (χ1) is 19.1. The topological polar surface area (TPSA) is 101 Å². The number of hydrogen-bond donors (Lipinski definition) is 3. The van der Waals surface area contributed by atoms with Gasteiger partial charge in [0.25, 0.3) is 5.91 Å². The summed E-state index contributed by atoms with van der Waals surface area (Å²) in [7, 11) is 0. The Balaban J connectivity index is 1.19. The molecule has 0 radical (unpaired) electrons. The first-order valence-electron chi connectivity index (χ1n) is 14.1. The van der Waals surface area contributed by atoms with E-state index in [1.54, 1.807) is 0 Å². The van der Waals surface area contributed by atoms with Crippen molar-refractivity contribution in [1.29, 1.82) is 0 Å². The third kappa shape index (κ3) is 5.51. The van der Waals surface area contributed by atoms with Crippen LogP contribution in [0.3, 0.4) is 0 Å². The fourth-order valence-electron chi connectivity index (χ4n) is 5.83. The van der Waals surface area contributed by atoms with Gasteiger partial charge in [0.15, 0.2) is 0 Å². The predicted molar refractivity (Wildman–Crippen MR) is 160 cm³/mol. The number of benzene rings is 1. The smallest absolute Gasteiger partial charge is 0.263 e. The number of nitrogen functional groups attached to an aromatic ring is 1. The molecule has 9 heteroatoms. The highest BCUT2D eigenvalue weighted by Gasteiger charge is 2.21. The van der Waals surface area contributed by atoms with Crippen molar-refractivity contribution in [2.75, 3.05) is 43.4 Å². The Kier molecular flexibility index (Phi) is 7.52. The zero-order chi connectivity index (χ0) is 26.8. The van der Waals surface area contributed by atoms with Crippen LogP contribution in [0.5, 0.6) is 0 Å². The van der Waals surface area contributed by atoms with Gasteiger partial charge < -0.3 is 21.3 Å². The van der Waals surface area contributed by atoms with Gasteiger partial charge in [0.05, 0.1) is 17.9 Å². The van der Waals surface area contributed by atoms with E-state index in [9.17, 15) is 4.79 Å². The number of fused-ring (bicyclic) bond motifs is 1. The van der Waals surface area contributed by atoms with E-state index in [0.29, 0.717) is 23.2 Å². The van der Waals surface area contributed by atoms with Crippen LogP contribution in [0.4, 0.5) is 11.4 Å². The van der Waals surface area contributed by atoms with Crippen molar-refractivity contribution >= 4 is 38.8 Å². The first kappa shape index (κ1) is 25.8. The van der Waals surface area contributed by atoms with Crippen LogP contribution in [-0.2, 0) is 6.42 Å². The number of piperazine rings is 1. The molecule has 1 saturated heterocycles. The average molecular weight is 544 g/mol. The fourth-order valence-corrected chi connectivity index (χ4v) is 6.89. The molecule has 4 aromatic rings. The van der Waals surface area contributed by atoms with Gasteiger partial charge in [-0.15, -0.1) is 11.3 Å². The highest BCUT2D eigenvalue weighted by Crippen LogP contribution is 2.35. The number of nitrogens with one attached hydrogen (secondary N) is 2. The van der Waals surface area contributed by atoms with E-state index in [1.165, 1.54) is 65.8 Å². The number of carbonyl (C=O) groups is 1. The van der Waals surface area contributed by atoms with Crippen molar-refractivity contribution in [1.82, 2.24) is 25.4 Å². The number of aryl methyl sites for hydroxylation is 1. The number of anilines is 2. The zero-order valence-electron chi connectivity index (χ0n) is 22.6. The Morgan fingerprint density at radius 2 is 1.97 bits per heavy atom. The molecule has 1 saturated carbocycles. The van der Waals surface area contributed by atoms with E-state index in [-0.39, 0.29) is 5.91 Å². The van der Waals surface area contributed by atoms with Crippen LogP contribution in [0.25, 0.3) is 21.3 Å². The maximum Gasteiger partial charge on any atom is 0.263 e. The molecule has 1 aliphatic heterocycles. The summed E-state index contributed by atoms with van der Waals surface area (Å²) >= 11 is 1.36. The number of nitrogens with two attached hydrogens (primary N) is 1. The summed E-state index contributed by atoms with van der Waals surface area (Å²) < 4.78 is 2.19. The number of nitrogens with zero attached hydrogens (tertiary/aromatic N) is 4. The average Bonchev–Trinajstić information content (AvgIpc) is 3.59. The largest absolute Gasteiger partial charge is 0.397 e. The quantitative estimate of drug-likeness (QED) is 0.305. The molecule has 204 valence electrons. The molecule has 0 spiro atoms. The maximum atomic E-state index is 13.0. The number of thiophene rings is 1. The summed E-state index contributed by atoms with van der Waals surface area (Å²) in [5.74, 6) is -0.139. The summed E-state index contributed by atoms with van der Waals surface area (Å²) in [6.45, 7) is 6.44. The van der Waals surface area contributed by atoms with Crippen molar-refractivity contribution < 1.29 is 4.79 Å². The van der Waals surface area contributed by atoms with Crippen molar-refractivity contribution in [3.63, 3.8) is 0 Å². The van der Waals surface area contributed by atoms with E-state index in [0.717, 1.165) is 48.5 Å². The number of aromatic nitrogens is 3. The van der Waals surface area contributed by atoms with E-state index in [4.69, 9.17) is 10.8 Å². The number of pyridine rings is 1. The van der Waals surface area contributed by atoms with Gasteiger partial charge in [-0.25, -0.2) is 4.98 Å². The van der Waals surface area contributed by atoms with E-state index < -0.39 is 0 Å². The van der Waals surface area contributed by atoms with Crippen LogP contribution in [0.15, 0.2) is 42.7 Å². The second-order valence-electron chi connectivity index (χ2n) is 10.7. The molecule has 1 aliphatic carbocycles. The molecule has 0 atom stereocenters. The molecule has 8 nitrogen and oxygen atoms in total. The van der Waals surface area contributed by atoms with Gasteiger partial charge in [0, 0.05) is 66.8 Å². The van der Waals surface area contributed by atoms with Crippen molar-refractivity contribution in [2.24, 2.45) is 0 Å². The van der Waals surface area contributed by atoms with Gasteiger partial charge >= 0.3 is 0 Å². The lowest BCUT2D eigenvalue weighted by atomic mass is 9.95. The monoisotopic (exact) mass is 543 g/mol. The van der Waals surface area contributed by atoms with Gasteiger partial charge in [0.1, 0.15) is 9.71 Å². The molecule has 3 aromatic heterocycles. The van der Waals surface area contributed by atoms with Crippen LogP contribution in [0.2, 0.25) is 0 Å². The van der Waals surface area contributed by atoms with Gasteiger partial charge in [-0.1, -0.05) is 25.3 Å².